The van der Waals surface area contributed by atoms with Crippen molar-refractivity contribution in [2.75, 3.05) is 13.7 Å². The lowest BCUT2D eigenvalue weighted by Gasteiger charge is -2.13. The minimum atomic E-state index is -0.478. The summed E-state index contributed by atoms with van der Waals surface area (Å²) in [5, 5.41) is 4.50. The maximum atomic E-state index is 14.2. The van der Waals surface area contributed by atoms with Gasteiger partial charge in [-0.25, -0.2) is 4.39 Å². The number of para-hydroxylation sites is 1. The minimum absolute atomic E-state index is 0.0913. The first-order valence-corrected chi connectivity index (χ1v) is 11.2. The average Bonchev–Trinajstić information content (AvgIpc) is 2.81. The molecule has 0 unspecified atom stereocenters. The molecule has 5 nitrogen and oxygen atoms in total. The molecule has 0 bridgehead atoms. The number of ether oxygens (including phenoxy) is 3. The molecule has 0 saturated carbocycles. The molecule has 0 saturated heterocycles. The maximum absolute atomic E-state index is 14.2. The second-order valence-electron chi connectivity index (χ2n) is 6.92. The van der Waals surface area contributed by atoms with Crippen LogP contribution in [0.1, 0.15) is 18.1 Å². The molecule has 3 rings (SSSR count). The zero-order chi connectivity index (χ0) is 24.5. The van der Waals surface area contributed by atoms with Gasteiger partial charge < -0.3 is 19.0 Å². The van der Waals surface area contributed by atoms with E-state index in [1.165, 1.54) is 19.3 Å². The molecule has 0 aromatic heterocycles. The lowest BCUT2D eigenvalue weighted by atomic mass is 10.1. The van der Waals surface area contributed by atoms with Crippen LogP contribution in [-0.2, 0) is 11.4 Å². The van der Waals surface area contributed by atoms with Crippen molar-refractivity contribution < 1.29 is 23.4 Å². The summed E-state index contributed by atoms with van der Waals surface area (Å²) in [5.41, 5.74) is 1.76. The van der Waals surface area contributed by atoms with Gasteiger partial charge in [-0.2, -0.15) is 0 Å². The quantitative estimate of drug-likeness (QED) is 0.200. The van der Waals surface area contributed by atoms with E-state index in [0.717, 1.165) is 0 Å². The second kappa shape index (κ2) is 12.5. The molecule has 178 valence electrons. The third-order valence-electron chi connectivity index (χ3n) is 4.50. The Labute approximate surface area is 212 Å². The molecule has 0 aliphatic rings. The van der Waals surface area contributed by atoms with E-state index in [1.54, 1.807) is 43.3 Å². The van der Waals surface area contributed by atoms with E-state index in [0.29, 0.717) is 39.1 Å². The highest BCUT2D eigenvalue weighted by molar-refractivity contribution is 6.55. The summed E-state index contributed by atoms with van der Waals surface area (Å²) < 4.78 is 30.9. The van der Waals surface area contributed by atoms with Crippen LogP contribution in [0.2, 0.25) is 5.02 Å². The number of rotatable bonds is 10. The number of halogens is 4. The normalized spacial score (nSPS) is 11.1. The molecule has 0 heterocycles. The fourth-order valence-corrected chi connectivity index (χ4v) is 3.33. The van der Waals surface area contributed by atoms with Gasteiger partial charge in [-0.1, -0.05) is 64.2 Å². The van der Waals surface area contributed by atoms with E-state index in [-0.39, 0.29) is 23.5 Å². The molecular formula is C25H21Cl3FNO4. The van der Waals surface area contributed by atoms with Crippen molar-refractivity contribution in [1.82, 2.24) is 0 Å². The molecule has 3 aromatic carbocycles. The predicted molar refractivity (Wildman–Crippen MR) is 133 cm³/mol. The summed E-state index contributed by atoms with van der Waals surface area (Å²) in [4.78, 5) is 5.50. The Kier molecular flexibility index (Phi) is 9.45. The molecule has 0 aliphatic heterocycles. The number of benzene rings is 3. The Morgan fingerprint density at radius 2 is 1.79 bits per heavy atom. The van der Waals surface area contributed by atoms with Crippen LogP contribution in [0.5, 0.6) is 23.0 Å². The fourth-order valence-electron chi connectivity index (χ4n) is 2.91. The van der Waals surface area contributed by atoms with Gasteiger partial charge >= 0.3 is 0 Å². The van der Waals surface area contributed by atoms with E-state index in [2.05, 4.69) is 5.16 Å². The van der Waals surface area contributed by atoms with Crippen LogP contribution in [0.3, 0.4) is 0 Å². The molecule has 0 spiro atoms. The lowest BCUT2D eigenvalue weighted by Crippen LogP contribution is -2.03. The smallest absolute Gasteiger partial charge is 0.165 e. The third-order valence-corrected chi connectivity index (χ3v) is 5.09. The number of nitrogens with zero attached hydrogens (tertiary/aromatic N) is 1. The summed E-state index contributed by atoms with van der Waals surface area (Å²) in [5.74, 6) is 1.04. The Hall–Kier alpha value is -2.93. The van der Waals surface area contributed by atoms with Gasteiger partial charge in [0, 0.05) is 11.6 Å². The van der Waals surface area contributed by atoms with Gasteiger partial charge in [-0.15, -0.1) is 0 Å². The Balaban J connectivity index is 1.73. The average molecular weight is 525 g/mol. The molecule has 9 heteroatoms. The van der Waals surface area contributed by atoms with Gasteiger partial charge in [0.15, 0.2) is 11.6 Å². The summed E-state index contributed by atoms with van der Waals surface area (Å²) >= 11 is 17.5. The monoisotopic (exact) mass is 523 g/mol. The van der Waals surface area contributed by atoms with Crippen LogP contribution in [0.4, 0.5) is 4.39 Å². The molecule has 0 atom stereocenters. The van der Waals surface area contributed by atoms with E-state index >= 15 is 0 Å². The van der Waals surface area contributed by atoms with E-state index in [4.69, 9.17) is 53.9 Å². The maximum Gasteiger partial charge on any atom is 0.165 e. The zero-order valence-corrected chi connectivity index (χ0v) is 20.6. The Morgan fingerprint density at radius 3 is 2.50 bits per heavy atom. The summed E-state index contributed by atoms with van der Waals surface area (Å²) in [6, 6.07) is 16.8. The van der Waals surface area contributed by atoms with Crippen molar-refractivity contribution in [2.45, 2.75) is 13.5 Å². The van der Waals surface area contributed by atoms with E-state index in [9.17, 15) is 4.39 Å². The molecule has 0 N–H and O–H groups in total. The van der Waals surface area contributed by atoms with Crippen molar-refractivity contribution in [2.24, 2.45) is 5.16 Å². The predicted octanol–water partition coefficient (Wildman–Crippen LogP) is 7.92. The number of hydrogen-bond acceptors (Lipinski definition) is 5. The van der Waals surface area contributed by atoms with Crippen molar-refractivity contribution >= 4 is 40.5 Å². The highest BCUT2D eigenvalue weighted by Crippen LogP contribution is 2.34. The highest BCUT2D eigenvalue weighted by Gasteiger charge is 2.14. The van der Waals surface area contributed by atoms with E-state index < -0.39 is 5.82 Å². The molecule has 3 aromatic rings. The van der Waals surface area contributed by atoms with Gasteiger partial charge in [0.05, 0.1) is 17.8 Å². The van der Waals surface area contributed by atoms with Gasteiger partial charge in [0.2, 0.25) is 0 Å². The lowest BCUT2D eigenvalue weighted by molar-refractivity contribution is 0.130. The van der Waals surface area contributed by atoms with Gasteiger partial charge in [-0.05, 0) is 48.9 Å². The molecule has 0 radical (unpaired) electrons. The van der Waals surface area contributed by atoms with Gasteiger partial charge in [0.1, 0.15) is 35.0 Å². The first-order chi connectivity index (χ1) is 16.4. The minimum Gasteiger partial charge on any atom is -0.494 e. The molecule has 0 amide bonds. The van der Waals surface area contributed by atoms with Crippen LogP contribution in [-0.4, -0.2) is 19.4 Å². The molecule has 0 aliphatic carbocycles. The van der Waals surface area contributed by atoms with Crippen LogP contribution < -0.4 is 14.2 Å². The molecule has 34 heavy (non-hydrogen) atoms. The van der Waals surface area contributed by atoms with Crippen molar-refractivity contribution in [1.29, 1.82) is 0 Å². The second-order valence-corrected chi connectivity index (χ2v) is 8.34. The third kappa shape index (κ3) is 7.29. The summed E-state index contributed by atoms with van der Waals surface area (Å²) in [6.07, 6.45) is 1.50. The van der Waals surface area contributed by atoms with Crippen molar-refractivity contribution in [3.8, 4) is 23.0 Å². The first-order valence-electron chi connectivity index (χ1n) is 10.1. The van der Waals surface area contributed by atoms with Crippen LogP contribution >= 0.6 is 34.8 Å². The first kappa shape index (κ1) is 25.7. The van der Waals surface area contributed by atoms with Gasteiger partial charge in [-0.3, -0.25) is 0 Å². The number of hydrogen-bond donors (Lipinski definition) is 0. The van der Waals surface area contributed by atoms with E-state index in [1.807, 2.05) is 18.2 Å². The molecular weight excluding hydrogens is 504 g/mol. The van der Waals surface area contributed by atoms with Crippen LogP contribution in [0, 0.1) is 5.82 Å². The fraction of sp³-hybridized carbons (Fsp3) is 0.160. The summed E-state index contributed by atoms with van der Waals surface area (Å²) in [7, 11) is 1.50. The summed E-state index contributed by atoms with van der Waals surface area (Å²) in [6.45, 7) is 1.99. The Bertz CT molecular complexity index is 1180. The standard InChI is InChI=1S/C25H21Cl3FNO4/c1-16(20-13-19(32-11-10-24(27)28)14-21(26)25(20)31-2)30-33-15-17-8-9-22(29)23(12-17)34-18-6-4-3-5-7-18/h3-10,12-14H,11,15H2,1-2H3. The van der Waals surface area contributed by atoms with Gasteiger partial charge in [0.25, 0.3) is 0 Å². The van der Waals surface area contributed by atoms with Crippen LogP contribution in [0.25, 0.3) is 0 Å². The SMILES string of the molecule is COc1c(Cl)cc(OCC=C(Cl)Cl)cc1C(C)=NOCc1ccc(F)c(Oc2ccccc2)c1. The Morgan fingerprint density at radius 1 is 1.03 bits per heavy atom. The largest absolute Gasteiger partial charge is 0.494 e. The number of oxime groups is 1. The topological polar surface area (TPSA) is 49.3 Å². The number of methoxy groups -OCH3 is 1. The molecule has 0 fully saturated rings. The van der Waals surface area contributed by atoms with Crippen LogP contribution in [0.15, 0.2) is 76.4 Å². The zero-order valence-electron chi connectivity index (χ0n) is 18.4. The van der Waals surface area contributed by atoms with Crippen molar-refractivity contribution in [3.63, 3.8) is 0 Å². The highest BCUT2D eigenvalue weighted by atomic mass is 35.5. The van der Waals surface area contributed by atoms with Crippen molar-refractivity contribution in [3.05, 3.63) is 93.2 Å².